The van der Waals surface area contributed by atoms with E-state index in [9.17, 15) is 0 Å². The lowest BCUT2D eigenvalue weighted by Gasteiger charge is -2.40. The number of benzene rings is 1. The van der Waals surface area contributed by atoms with E-state index in [1.165, 1.54) is 37.7 Å². The van der Waals surface area contributed by atoms with Crippen LogP contribution in [0.2, 0.25) is 5.02 Å². The quantitative estimate of drug-likeness (QED) is 0.834. The third kappa shape index (κ3) is 3.37. The Morgan fingerprint density at radius 3 is 2.81 bits per heavy atom. The van der Waals surface area contributed by atoms with E-state index in [4.69, 9.17) is 16.3 Å². The number of hydrogen-bond donors (Lipinski definition) is 1. The van der Waals surface area contributed by atoms with Gasteiger partial charge in [0, 0.05) is 23.0 Å². The molecular weight excluding hydrogens is 282 g/mol. The molecule has 0 amide bonds. The molecule has 1 fully saturated rings. The first-order valence-electron chi connectivity index (χ1n) is 8.30. The fourth-order valence-corrected chi connectivity index (χ4v) is 3.88. The van der Waals surface area contributed by atoms with Crippen LogP contribution in [0, 0.1) is 5.92 Å². The molecule has 21 heavy (non-hydrogen) atoms. The van der Waals surface area contributed by atoms with E-state index in [0.717, 1.165) is 29.7 Å². The summed E-state index contributed by atoms with van der Waals surface area (Å²) in [5.41, 5.74) is 1.31. The molecule has 1 aromatic rings. The zero-order valence-electron chi connectivity index (χ0n) is 13.1. The molecule has 3 heteroatoms. The Morgan fingerprint density at radius 2 is 2.10 bits per heavy atom. The molecule has 2 nitrogen and oxygen atoms in total. The lowest BCUT2D eigenvalue weighted by Crippen LogP contribution is -2.42. The van der Waals surface area contributed by atoms with Gasteiger partial charge in [0.25, 0.3) is 0 Å². The maximum absolute atomic E-state index is 6.39. The minimum Gasteiger partial charge on any atom is -0.487 e. The Morgan fingerprint density at radius 1 is 1.33 bits per heavy atom. The Balaban J connectivity index is 1.81. The van der Waals surface area contributed by atoms with Gasteiger partial charge in [0.05, 0.1) is 0 Å². The summed E-state index contributed by atoms with van der Waals surface area (Å²) in [7, 11) is 0. The standard InChI is InChI=1S/C18H26ClNO/c1-13(2)7-10-20-16-12-18(8-3-4-9-18)21-17-6-5-14(19)11-15(16)17/h5-6,11,13,16,20H,3-4,7-10,12H2,1-2H3. The van der Waals surface area contributed by atoms with Crippen molar-refractivity contribution in [1.29, 1.82) is 0 Å². The van der Waals surface area contributed by atoms with E-state index in [2.05, 4.69) is 25.2 Å². The molecular formula is C18H26ClNO. The maximum atomic E-state index is 6.39. The van der Waals surface area contributed by atoms with Crippen LogP contribution in [-0.4, -0.2) is 12.1 Å². The van der Waals surface area contributed by atoms with Gasteiger partial charge in [-0.25, -0.2) is 0 Å². The van der Waals surface area contributed by atoms with E-state index in [0.29, 0.717) is 6.04 Å². The summed E-state index contributed by atoms with van der Waals surface area (Å²) in [6.07, 6.45) is 7.26. The molecule has 0 bridgehead atoms. The number of halogens is 1. The van der Waals surface area contributed by atoms with Gasteiger partial charge < -0.3 is 10.1 Å². The van der Waals surface area contributed by atoms with Gasteiger partial charge in [-0.2, -0.15) is 0 Å². The van der Waals surface area contributed by atoms with Gasteiger partial charge >= 0.3 is 0 Å². The Bertz CT molecular complexity index is 494. The zero-order chi connectivity index (χ0) is 14.9. The summed E-state index contributed by atoms with van der Waals surface area (Å²) in [5.74, 6) is 1.77. The molecule has 1 unspecified atom stereocenters. The van der Waals surface area contributed by atoms with Crippen LogP contribution in [0.3, 0.4) is 0 Å². The minimum absolute atomic E-state index is 0.0658. The lowest BCUT2D eigenvalue weighted by atomic mass is 9.86. The molecule has 0 saturated heterocycles. The van der Waals surface area contributed by atoms with Crippen LogP contribution < -0.4 is 10.1 Å². The lowest BCUT2D eigenvalue weighted by molar-refractivity contribution is 0.0366. The van der Waals surface area contributed by atoms with Gasteiger partial charge in [0.15, 0.2) is 0 Å². The summed E-state index contributed by atoms with van der Waals surface area (Å²) < 4.78 is 6.39. The van der Waals surface area contributed by atoms with Crippen LogP contribution in [0.25, 0.3) is 0 Å². The monoisotopic (exact) mass is 307 g/mol. The zero-order valence-corrected chi connectivity index (χ0v) is 13.9. The Kier molecular flexibility index (Phi) is 4.46. The molecule has 116 valence electrons. The molecule has 2 aliphatic rings. The van der Waals surface area contributed by atoms with Gasteiger partial charge in [-0.3, -0.25) is 0 Å². The molecule has 3 rings (SSSR count). The number of rotatable bonds is 4. The highest BCUT2D eigenvalue weighted by Gasteiger charge is 2.42. The summed E-state index contributed by atoms with van der Waals surface area (Å²) in [5, 5.41) is 4.55. The predicted molar refractivity (Wildman–Crippen MR) is 88.1 cm³/mol. The average molecular weight is 308 g/mol. The third-order valence-electron chi connectivity index (χ3n) is 4.88. The first-order chi connectivity index (χ1) is 10.1. The van der Waals surface area contributed by atoms with Gasteiger partial charge in [0.1, 0.15) is 11.4 Å². The van der Waals surface area contributed by atoms with Crippen molar-refractivity contribution in [1.82, 2.24) is 5.32 Å². The van der Waals surface area contributed by atoms with E-state index in [-0.39, 0.29) is 5.60 Å². The van der Waals surface area contributed by atoms with Crippen molar-refractivity contribution in [2.24, 2.45) is 5.92 Å². The summed E-state index contributed by atoms with van der Waals surface area (Å²) >= 11 is 6.19. The van der Waals surface area contributed by atoms with Gasteiger partial charge in [-0.05, 0) is 62.8 Å². The summed E-state index contributed by atoms with van der Waals surface area (Å²) in [6, 6.07) is 6.45. The second-order valence-electron chi connectivity index (χ2n) is 7.07. The predicted octanol–water partition coefficient (Wildman–Crippen LogP) is 5.11. The van der Waals surface area contributed by atoms with Crippen molar-refractivity contribution in [2.45, 2.75) is 64.0 Å². The molecule has 1 saturated carbocycles. The van der Waals surface area contributed by atoms with Crippen LogP contribution in [0.4, 0.5) is 0 Å². The fraction of sp³-hybridized carbons (Fsp3) is 0.667. The number of nitrogens with one attached hydrogen (secondary N) is 1. The molecule has 1 aliphatic heterocycles. The van der Waals surface area contributed by atoms with Gasteiger partial charge in [-0.1, -0.05) is 25.4 Å². The van der Waals surface area contributed by atoms with Crippen molar-refractivity contribution in [2.75, 3.05) is 6.54 Å². The highest BCUT2D eigenvalue weighted by molar-refractivity contribution is 6.30. The second kappa shape index (κ2) is 6.18. The van der Waals surface area contributed by atoms with Gasteiger partial charge in [-0.15, -0.1) is 0 Å². The topological polar surface area (TPSA) is 21.3 Å². The molecule has 1 spiro atoms. The Hall–Kier alpha value is -0.730. The van der Waals surface area contributed by atoms with Crippen LogP contribution in [0.5, 0.6) is 5.75 Å². The largest absolute Gasteiger partial charge is 0.487 e. The van der Waals surface area contributed by atoms with E-state index >= 15 is 0 Å². The van der Waals surface area contributed by atoms with E-state index in [1.807, 2.05) is 12.1 Å². The summed E-state index contributed by atoms with van der Waals surface area (Å²) in [6.45, 7) is 5.61. The molecule has 1 aromatic carbocycles. The molecule has 1 aliphatic carbocycles. The summed E-state index contributed by atoms with van der Waals surface area (Å²) in [4.78, 5) is 0. The molecule has 1 N–H and O–H groups in total. The highest BCUT2D eigenvalue weighted by atomic mass is 35.5. The number of fused-ring (bicyclic) bond motifs is 1. The SMILES string of the molecule is CC(C)CCNC1CC2(CCCC2)Oc2ccc(Cl)cc21. The molecule has 0 radical (unpaired) electrons. The third-order valence-corrected chi connectivity index (χ3v) is 5.11. The second-order valence-corrected chi connectivity index (χ2v) is 7.50. The van der Waals surface area contributed by atoms with Gasteiger partial charge in [0.2, 0.25) is 0 Å². The van der Waals surface area contributed by atoms with Crippen molar-refractivity contribution in [3.63, 3.8) is 0 Å². The number of hydrogen-bond acceptors (Lipinski definition) is 2. The van der Waals surface area contributed by atoms with Crippen LogP contribution in [-0.2, 0) is 0 Å². The highest BCUT2D eigenvalue weighted by Crippen LogP contribution is 2.47. The van der Waals surface area contributed by atoms with Crippen LogP contribution in [0.15, 0.2) is 18.2 Å². The molecule has 1 atom stereocenters. The maximum Gasteiger partial charge on any atom is 0.125 e. The van der Waals surface area contributed by atoms with Crippen molar-refractivity contribution in [3.05, 3.63) is 28.8 Å². The smallest absolute Gasteiger partial charge is 0.125 e. The minimum atomic E-state index is 0.0658. The van der Waals surface area contributed by atoms with Crippen LogP contribution >= 0.6 is 11.6 Å². The number of ether oxygens (including phenoxy) is 1. The van der Waals surface area contributed by atoms with Crippen molar-refractivity contribution >= 4 is 11.6 Å². The first-order valence-corrected chi connectivity index (χ1v) is 8.68. The van der Waals surface area contributed by atoms with Crippen molar-refractivity contribution in [3.8, 4) is 5.75 Å². The molecule has 1 heterocycles. The van der Waals surface area contributed by atoms with E-state index < -0.39 is 0 Å². The Labute approximate surface area is 133 Å². The fourth-order valence-electron chi connectivity index (χ4n) is 3.70. The normalized spacial score (nSPS) is 23.3. The average Bonchev–Trinajstić information content (AvgIpc) is 2.87. The van der Waals surface area contributed by atoms with E-state index in [1.54, 1.807) is 0 Å². The molecule has 0 aromatic heterocycles. The van der Waals surface area contributed by atoms with Crippen molar-refractivity contribution < 1.29 is 4.74 Å². The van der Waals surface area contributed by atoms with Crippen LogP contribution in [0.1, 0.15) is 64.0 Å². The first kappa shape index (κ1) is 15.2.